The zero-order valence-electron chi connectivity index (χ0n) is 15.2. The van der Waals surface area contributed by atoms with Gasteiger partial charge in [-0.2, -0.15) is 0 Å². The Morgan fingerprint density at radius 2 is 1.96 bits per heavy atom. The summed E-state index contributed by atoms with van der Waals surface area (Å²) in [4.78, 5) is 28.6. The molecule has 1 saturated heterocycles. The molecule has 2 amide bonds. The number of fused-ring (bicyclic) bond motifs is 2. The second kappa shape index (κ2) is 7.69. The number of hydrogen-bond donors (Lipinski definition) is 2. The summed E-state index contributed by atoms with van der Waals surface area (Å²) in [7, 11) is 0. The van der Waals surface area contributed by atoms with E-state index in [9.17, 15) is 9.59 Å². The second-order valence-electron chi connectivity index (χ2n) is 8.22. The lowest BCUT2D eigenvalue weighted by Gasteiger charge is -2.45. The Morgan fingerprint density at radius 3 is 2.65 bits per heavy atom. The molecule has 0 radical (unpaired) electrons. The van der Waals surface area contributed by atoms with Crippen molar-refractivity contribution in [2.75, 3.05) is 6.54 Å². The molecule has 3 unspecified atom stereocenters. The number of hydrogen-bond acceptors (Lipinski definition) is 4. The standard InChI is InChI=1S/C20H29N3O2S/c21-15-10-13-4-1-5-14(11-15)19(13)22-20(25)17-7-2-8-23(17)18(24)12-16-6-3-9-26-16/h3,6,9,13-15,17,19H,1-2,4-5,7-8,10-12,21H2,(H,22,25). The van der Waals surface area contributed by atoms with Crippen LogP contribution in [-0.2, 0) is 16.0 Å². The summed E-state index contributed by atoms with van der Waals surface area (Å²) >= 11 is 1.60. The summed E-state index contributed by atoms with van der Waals surface area (Å²) in [5.41, 5.74) is 6.20. The topological polar surface area (TPSA) is 75.4 Å². The fourth-order valence-corrected chi connectivity index (χ4v) is 5.98. The van der Waals surface area contributed by atoms with Gasteiger partial charge in [0.25, 0.3) is 0 Å². The van der Waals surface area contributed by atoms with Gasteiger partial charge in [0.05, 0.1) is 6.42 Å². The molecule has 142 valence electrons. The van der Waals surface area contributed by atoms with Crippen molar-refractivity contribution in [3.8, 4) is 0 Å². The number of carbonyl (C=O) groups is 2. The Morgan fingerprint density at radius 1 is 1.19 bits per heavy atom. The van der Waals surface area contributed by atoms with Crippen LogP contribution in [0, 0.1) is 11.8 Å². The molecule has 3 N–H and O–H groups in total. The van der Waals surface area contributed by atoms with Crippen LogP contribution in [-0.4, -0.2) is 41.4 Å². The first-order valence-electron chi connectivity index (χ1n) is 9.99. The van der Waals surface area contributed by atoms with E-state index in [2.05, 4.69) is 5.32 Å². The largest absolute Gasteiger partial charge is 0.351 e. The molecular weight excluding hydrogens is 346 g/mol. The average molecular weight is 376 g/mol. The van der Waals surface area contributed by atoms with Crippen LogP contribution in [0.15, 0.2) is 17.5 Å². The van der Waals surface area contributed by atoms with Crippen molar-refractivity contribution >= 4 is 23.2 Å². The number of likely N-dealkylation sites (tertiary alicyclic amines) is 1. The third-order valence-electron chi connectivity index (χ3n) is 6.47. The maximum Gasteiger partial charge on any atom is 0.243 e. The lowest BCUT2D eigenvalue weighted by atomic mass is 9.67. The van der Waals surface area contributed by atoms with E-state index in [-0.39, 0.29) is 29.9 Å². The minimum atomic E-state index is -0.293. The quantitative estimate of drug-likeness (QED) is 0.848. The number of rotatable bonds is 4. The van der Waals surface area contributed by atoms with Gasteiger partial charge in [-0.3, -0.25) is 9.59 Å². The molecule has 3 fully saturated rings. The van der Waals surface area contributed by atoms with Crippen LogP contribution in [0.2, 0.25) is 0 Å². The zero-order valence-corrected chi connectivity index (χ0v) is 16.0. The normalized spacial score (nSPS) is 33.9. The van der Waals surface area contributed by atoms with Crippen molar-refractivity contribution in [1.82, 2.24) is 10.2 Å². The molecule has 0 spiro atoms. The molecule has 2 aliphatic carbocycles. The first kappa shape index (κ1) is 18.0. The van der Waals surface area contributed by atoms with Gasteiger partial charge in [-0.05, 0) is 61.8 Å². The van der Waals surface area contributed by atoms with Gasteiger partial charge in [0.15, 0.2) is 0 Å². The molecule has 2 heterocycles. The first-order chi connectivity index (χ1) is 12.6. The highest BCUT2D eigenvalue weighted by atomic mass is 32.1. The lowest BCUT2D eigenvalue weighted by Crippen LogP contribution is -2.57. The Hall–Kier alpha value is -1.40. The number of thiophene rings is 1. The van der Waals surface area contributed by atoms with E-state index in [1.54, 1.807) is 16.2 Å². The van der Waals surface area contributed by atoms with Gasteiger partial charge < -0.3 is 16.0 Å². The van der Waals surface area contributed by atoms with E-state index >= 15 is 0 Å². The van der Waals surface area contributed by atoms with Gasteiger partial charge in [-0.15, -0.1) is 11.3 Å². The maximum absolute atomic E-state index is 13.0. The van der Waals surface area contributed by atoms with Gasteiger partial charge in [-0.25, -0.2) is 0 Å². The summed E-state index contributed by atoms with van der Waals surface area (Å²) < 4.78 is 0. The minimum absolute atomic E-state index is 0.0550. The van der Waals surface area contributed by atoms with Crippen molar-refractivity contribution in [1.29, 1.82) is 0 Å². The molecular formula is C20H29N3O2S. The first-order valence-corrected chi connectivity index (χ1v) is 10.9. The van der Waals surface area contributed by atoms with E-state index in [0.29, 0.717) is 24.8 Å². The number of nitrogens with one attached hydrogen (secondary N) is 1. The van der Waals surface area contributed by atoms with Crippen LogP contribution in [0.3, 0.4) is 0 Å². The highest BCUT2D eigenvalue weighted by molar-refractivity contribution is 7.10. The third kappa shape index (κ3) is 3.67. The monoisotopic (exact) mass is 375 g/mol. The summed E-state index contributed by atoms with van der Waals surface area (Å²) in [6.07, 6.45) is 7.73. The molecule has 4 rings (SSSR count). The Balaban J connectivity index is 1.39. The Labute approximate surface area is 159 Å². The summed E-state index contributed by atoms with van der Waals surface area (Å²) in [6, 6.07) is 4.20. The van der Waals surface area contributed by atoms with Gasteiger partial charge in [0, 0.05) is 23.5 Å². The molecule has 3 aliphatic rings. The Bertz CT molecular complexity index is 633. The lowest BCUT2D eigenvalue weighted by molar-refractivity contribution is -0.138. The average Bonchev–Trinajstić information content (AvgIpc) is 3.26. The van der Waals surface area contributed by atoms with E-state index in [1.807, 2.05) is 17.5 Å². The van der Waals surface area contributed by atoms with Gasteiger partial charge in [0.1, 0.15) is 6.04 Å². The second-order valence-corrected chi connectivity index (χ2v) is 9.25. The van der Waals surface area contributed by atoms with Crippen LogP contribution in [0.25, 0.3) is 0 Å². The molecule has 2 saturated carbocycles. The fraction of sp³-hybridized carbons (Fsp3) is 0.700. The summed E-state index contributed by atoms with van der Waals surface area (Å²) in [5.74, 6) is 1.16. The maximum atomic E-state index is 13.0. The predicted molar refractivity (Wildman–Crippen MR) is 103 cm³/mol. The summed E-state index contributed by atoms with van der Waals surface area (Å²) in [6.45, 7) is 0.699. The van der Waals surface area contributed by atoms with Crippen LogP contribution in [0.5, 0.6) is 0 Å². The van der Waals surface area contributed by atoms with Gasteiger partial charge in [0.2, 0.25) is 11.8 Å². The number of carbonyl (C=O) groups excluding carboxylic acids is 2. The number of amides is 2. The third-order valence-corrected chi connectivity index (χ3v) is 7.34. The van der Waals surface area contributed by atoms with E-state index < -0.39 is 0 Å². The molecule has 1 aromatic heterocycles. The number of nitrogens with zero attached hydrogens (tertiary/aromatic N) is 1. The van der Waals surface area contributed by atoms with Crippen molar-refractivity contribution < 1.29 is 9.59 Å². The van der Waals surface area contributed by atoms with Crippen molar-refractivity contribution in [3.63, 3.8) is 0 Å². The van der Waals surface area contributed by atoms with E-state index in [1.165, 1.54) is 19.3 Å². The highest BCUT2D eigenvalue weighted by Gasteiger charge is 2.42. The predicted octanol–water partition coefficient (Wildman–Crippen LogP) is 2.30. The summed E-state index contributed by atoms with van der Waals surface area (Å²) in [5, 5.41) is 5.33. The Kier molecular flexibility index (Phi) is 5.32. The zero-order chi connectivity index (χ0) is 18.1. The van der Waals surface area contributed by atoms with E-state index in [4.69, 9.17) is 5.73 Å². The van der Waals surface area contributed by atoms with Gasteiger partial charge >= 0.3 is 0 Å². The molecule has 26 heavy (non-hydrogen) atoms. The molecule has 0 aromatic carbocycles. The molecule has 6 heteroatoms. The molecule has 1 aliphatic heterocycles. The van der Waals surface area contributed by atoms with E-state index in [0.717, 1.165) is 30.6 Å². The van der Waals surface area contributed by atoms with Crippen molar-refractivity contribution in [2.45, 2.75) is 69.5 Å². The van der Waals surface area contributed by atoms with Crippen LogP contribution >= 0.6 is 11.3 Å². The number of nitrogens with two attached hydrogens (primary N) is 1. The molecule has 1 aromatic rings. The van der Waals surface area contributed by atoms with Gasteiger partial charge in [-0.1, -0.05) is 12.5 Å². The van der Waals surface area contributed by atoms with Crippen LogP contribution in [0.4, 0.5) is 0 Å². The van der Waals surface area contributed by atoms with Crippen molar-refractivity contribution in [3.05, 3.63) is 22.4 Å². The highest BCUT2D eigenvalue weighted by Crippen LogP contribution is 2.39. The minimum Gasteiger partial charge on any atom is -0.351 e. The molecule has 2 bridgehead atoms. The molecule has 3 atom stereocenters. The smallest absolute Gasteiger partial charge is 0.243 e. The van der Waals surface area contributed by atoms with Crippen molar-refractivity contribution in [2.24, 2.45) is 17.6 Å². The van der Waals surface area contributed by atoms with Crippen LogP contribution < -0.4 is 11.1 Å². The fourth-order valence-electron chi connectivity index (χ4n) is 5.29. The SMILES string of the molecule is NC1CC2CCCC(C1)C2NC(=O)C1CCCN1C(=O)Cc1cccs1. The van der Waals surface area contributed by atoms with Crippen LogP contribution in [0.1, 0.15) is 49.8 Å². The molecule has 5 nitrogen and oxygen atoms in total.